The molecule has 5 rings (SSSR count). The number of hydrogen-bond acceptors (Lipinski definition) is 4. The van der Waals surface area contributed by atoms with Crippen LogP contribution in [-0.2, 0) is 11.3 Å². The van der Waals surface area contributed by atoms with E-state index in [4.69, 9.17) is 16.3 Å². The third-order valence-electron chi connectivity index (χ3n) is 5.98. The molecule has 7 heteroatoms. The summed E-state index contributed by atoms with van der Waals surface area (Å²) in [6.07, 6.45) is 0. The van der Waals surface area contributed by atoms with Crippen molar-refractivity contribution in [2.75, 3.05) is 38.7 Å². The van der Waals surface area contributed by atoms with Gasteiger partial charge in [-0.2, -0.15) is 0 Å². The first-order valence-electron chi connectivity index (χ1n) is 9.51. The van der Waals surface area contributed by atoms with E-state index in [2.05, 4.69) is 39.6 Å². The lowest BCUT2D eigenvalue weighted by atomic mass is 10.0. The predicted molar refractivity (Wildman–Crippen MR) is 119 cm³/mol. The summed E-state index contributed by atoms with van der Waals surface area (Å²) >= 11 is 6.36. The van der Waals surface area contributed by atoms with Crippen molar-refractivity contribution >= 4 is 46.6 Å². The van der Waals surface area contributed by atoms with Gasteiger partial charge in [0.1, 0.15) is 0 Å². The molecule has 1 fully saturated rings. The molecular weight excluding hydrogens is 409 g/mol. The van der Waals surface area contributed by atoms with E-state index in [0.29, 0.717) is 12.1 Å². The standard InChI is InChI=1S/C22H22ClN3O2.ClH/c1-24-9-10-25-18-11-15(23)8-7-14(18)12-26-17-6-4-3-5-16(17)20(22(27)28-2)21(26)19(25)13-24;/h3-8,11,19H,9-10,12-13H2,1-2H3;1H. The van der Waals surface area contributed by atoms with Crippen molar-refractivity contribution in [3.05, 3.63) is 64.3 Å². The van der Waals surface area contributed by atoms with Crippen LogP contribution in [0, 0.1) is 0 Å². The molecule has 3 heterocycles. The van der Waals surface area contributed by atoms with Crippen LogP contribution < -0.4 is 4.90 Å². The number of para-hydroxylation sites is 1. The van der Waals surface area contributed by atoms with Gasteiger partial charge in [0.05, 0.1) is 24.4 Å². The van der Waals surface area contributed by atoms with E-state index in [9.17, 15) is 4.79 Å². The number of rotatable bonds is 1. The summed E-state index contributed by atoms with van der Waals surface area (Å²) in [6.45, 7) is 3.40. The highest BCUT2D eigenvalue weighted by Crippen LogP contribution is 2.42. The fraction of sp³-hybridized carbons (Fsp3) is 0.318. The van der Waals surface area contributed by atoms with Crippen LogP contribution in [0.5, 0.6) is 0 Å². The Morgan fingerprint density at radius 1 is 1.17 bits per heavy atom. The molecule has 1 atom stereocenters. The quantitative estimate of drug-likeness (QED) is 0.536. The van der Waals surface area contributed by atoms with Crippen LogP contribution in [0.2, 0.25) is 5.02 Å². The molecule has 1 aromatic heterocycles. The lowest BCUT2D eigenvalue weighted by Gasteiger charge is -2.41. The number of aromatic nitrogens is 1. The Bertz CT molecular complexity index is 1100. The van der Waals surface area contributed by atoms with Gasteiger partial charge in [0, 0.05) is 47.8 Å². The minimum absolute atomic E-state index is 0. The van der Waals surface area contributed by atoms with Crippen molar-refractivity contribution in [1.82, 2.24) is 9.47 Å². The lowest BCUT2D eigenvalue weighted by molar-refractivity contribution is 0.0600. The molecule has 0 saturated carbocycles. The molecule has 0 spiro atoms. The number of piperazine rings is 1. The maximum absolute atomic E-state index is 12.9. The zero-order valence-electron chi connectivity index (χ0n) is 16.4. The zero-order valence-corrected chi connectivity index (χ0v) is 18.0. The van der Waals surface area contributed by atoms with Crippen molar-refractivity contribution in [3.8, 4) is 0 Å². The number of methoxy groups -OCH3 is 1. The van der Waals surface area contributed by atoms with E-state index in [1.54, 1.807) is 0 Å². The number of benzene rings is 2. The Hall–Kier alpha value is -2.21. The monoisotopic (exact) mass is 431 g/mol. The first kappa shape index (κ1) is 20.1. The number of hydrogen-bond donors (Lipinski definition) is 0. The summed E-state index contributed by atoms with van der Waals surface area (Å²) in [7, 11) is 3.59. The Morgan fingerprint density at radius 2 is 1.97 bits per heavy atom. The number of halogens is 2. The zero-order chi connectivity index (χ0) is 19.4. The highest BCUT2D eigenvalue weighted by molar-refractivity contribution is 6.30. The topological polar surface area (TPSA) is 37.7 Å². The normalized spacial score (nSPS) is 18.3. The van der Waals surface area contributed by atoms with Crippen molar-refractivity contribution in [1.29, 1.82) is 0 Å². The minimum atomic E-state index is -0.276. The second-order valence-corrected chi connectivity index (χ2v) is 8.04. The molecule has 1 saturated heterocycles. The van der Waals surface area contributed by atoms with Crippen LogP contribution >= 0.6 is 24.0 Å². The number of ether oxygens (including phenoxy) is 1. The largest absolute Gasteiger partial charge is 0.465 e. The van der Waals surface area contributed by atoms with E-state index in [0.717, 1.165) is 46.9 Å². The van der Waals surface area contributed by atoms with Gasteiger partial charge in [-0.3, -0.25) is 0 Å². The van der Waals surface area contributed by atoms with Crippen LogP contribution in [0.1, 0.15) is 27.7 Å². The van der Waals surface area contributed by atoms with Gasteiger partial charge in [0.2, 0.25) is 0 Å². The number of likely N-dealkylation sites (N-methyl/N-ethyl adjacent to an activating group) is 1. The van der Waals surface area contributed by atoms with Crippen molar-refractivity contribution < 1.29 is 9.53 Å². The van der Waals surface area contributed by atoms with Crippen LogP contribution in [0.4, 0.5) is 5.69 Å². The first-order chi connectivity index (χ1) is 13.6. The number of anilines is 1. The maximum Gasteiger partial charge on any atom is 0.340 e. The van der Waals surface area contributed by atoms with Crippen molar-refractivity contribution in [3.63, 3.8) is 0 Å². The van der Waals surface area contributed by atoms with E-state index < -0.39 is 0 Å². The summed E-state index contributed by atoms with van der Waals surface area (Å²) in [5.41, 5.74) is 5.16. The molecule has 1 unspecified atom stereocenters. The predicted octanol–water partition coefficient (Wildman–Crippen LogP) is 4.36. The summed E-state index contributed by atoms with van der Waals surface area (Å²) in [6, 6.07) is 14.3. The van der Waals surface area contributed by atoms with Crippen LogP contribution in [-0.4, -0.2) is 49.2 Å². The Kier molecular flexibility index (Phi) is 5.23. The average Bonchev–Trinajstić information content (AvgIpc) is 2.96. The van der Waals surface area contributed by atoms with Crippen LogP contribution in [0.15, 0.2) is 42.5 Å². The SMILES string of the molecule is COC(=O)c1c2n(c3ccccc13)Cc1ccc(Cl)cc1N1CCN(C)CC21.Cl. The summed E-state index contributed by atoms with van der Waals surface area (Å²) in [4.78, 5) is 17.6. The van der Waals surface area contributed by atoms with Gasteiger partial charge < -0.3 is 19.1 Å². The van der Waals surface area contributed by atoms with Gasteiger partial charge in [-0.05, 0) is 30.8 Å². The molecular formula is C22H23Cl2N3O2. The van der Waals surface area contributed by atoms with Crippen molar-refractivity contribution in [2.24, 2.45) is 0 Å². The third-order valence-corrected chi connectivity index (χ3v) is 6.22. The second kappa shape index (κ2) is 7.56. The summed E-state index contributed by atoms with van der Waals surface area (Å²) in [5, 5.41) is 1.69. The lowest BCUT2D eigenvalue weighted by Crippen LogP contribution is -2.47. The molecule has 3 aromatic rings. The van der Waals surface area contributed by atoms with Crippen molar-refractivity contribution in [2.45, 2.75) is 12.6 Å². The smallest absolute Gasteiger partial charge is 0.340 e. The van der Waals surface area contributed by atoms with E-state index in [-0.39, 0.29) is 24.4 Å². The van der Waals surface area contributed by atoms with Crippen LogP contribution in [0.3, 0.4) is 0 Å². The molecule has 2 aliphatic heterocycles. The molecule has 2 aliphatic rings. The second-order valence-electron chi connectivity index (χ2n) is 7.60. The third kappa shape index (κ3) is 3.08. The van der Waals surface area contributed by atoms with E-state index in [1.807, 2.05) is 24.3 Å². The Morgan fingerprint density at radius 3 is 2.76 bits per heavy atom. The van der Waals surface area contributed by atoms with Gasteiger partial charge in [0.15, 0.2) is 0 Å². The van der Waals surface area contributed by atoms with Gasteiger partial charge in [-0.1, -0.05) is 35.9 Å². The van der Waals surface area contributed by atoms with Gasteiger partial charge in [-0.25, -0.2) is 4.79 Å². The Balaban J connectivity index is 0.00000205. The highest BCUT2D eigenvalue weighted by Gasteiger charge is 2.37. The Labute approximate surface area is 181 Å². The molecule has 2 aromatic carbocycles. The minimum Gasteiger partial charge on any atom is -0.465 e. The van der Waals surface area contributed by atoms with Gasteiger partial charge in [-0.15, -0.1) is 12.4 Å². The molecule has 5 nitrogen and oxygen atoms in total. The highest BCUT2D eigenvalue weighted by atomic mass is 35.5. The number of carbonyl (C=O) groups is 1. The summed E-state index contributed by atoms with van der Waals surface area (Å²) in [5.74, 6) is -0.276. The molecule has 0 N–H and O–H groups in total. The number of fused-ring (bicyclic) bond motifs is 7. The van der Waals surface area contributed by atoms with E-state index >= 15 is 0 Å². The maximum atomic E-state index is 12.9. The molecule has 0 radical (unpaired) electrons. The number of esters is 1. The van der Waals surface area contributed by atoms with Crippen LogP contribution in [0.25, 0.3) is 10.9 Å². The number of carbonyl (C=O) groups excluding carboxylic acids is 1. The molecule has 0 amide bonds. The number of nitrogens with zero attached hydrogens (tertiary/aromatic N) is 3. The van der Waals surface area contributed by atoms with E-state index in [1.165, 1.54) is 12.7 Å². The average molecular weight is 432 g/mol. The van der Waals surface area contributed by atoms with Gasteiger partial charge in [0.25, 0.3) is 0 Å². The first-order valence-corrected chi connectivity index (χ1v) is 9.89. The van der Waals surface area contributed by atoms with Gasteiger partial charge >= 0.3 is 5.97 Å². The summed E-state index contributed by atoms with van der Waals surface area (Å²) < 4.78 is 7.50. The fourth-order valence-electron chi connectivity index (χ4n) is 4.71. The molecule has 152 valence electrons. The molecule has 0 bridgehead atoms. The fourth-order valence-corrected chi connectivity index (χ4v) is 4.87. The molecule has 29 heavy (non-hydrogen) atoms. The molecule has 0 aliphatic carbocycles.